The highest BCUT2D eigenvalue weighted by molar-refractivity contribution is 7.79. The number of nitrogens with zero attached hydrogens (tertiary/aromatic N) is 1. The molecule has 2 atom stereocenters. The van der Waals surface area contributed by atoms with Gasteiger partial charge in [-0.15, -0.1) is 0 Å². The Morgan fingerprint density at radius 3 is 2.61 bits per heavy atom. The van der Waals surface area contributed by atoms with Gasteiger partial charge in [-0.25, -0.2) is 9.69 Å². The third kappa shape index (κ3) is 4.72. The van der Waals surface area contributed by atoms with E-state index in [-0.39, 0.29) is 6.42 Å². The van der Waals surface area contributed by atoms with Crippen molar-refractivity contribution < 1.29 is 23.5 Å². The molecule has 0 fully saturated rings. The Morgan fingerprint density at radius 2 is 1.93 bits per heavy atom. The first-order valence-corrected chi connectivity index (χ1v) is 9.75. The van der Waals surface area contributed by atoms with E-state index in [1.165, 1.54) is 5.48 Å². The largest absolute Gasteiger partial charge is 0.489 e. The van der Waals surface area contributed by atoms with E-state index in [9.17, 15) is 13.6 Å². The van der Waals surface area contributed by atoms with Crippen LogP contribution < -0.4 is 10.2 Å². The summed E-state index contributed by atoms with van der Waals surface area (Å²) in [4.78, 5) is 15.8. The summed E-state index contributed by atoms with van der Waals surface area (Å²) >= 11 is -2.25. The zero-order valence-corrected chi connectivity index (χ0v) is 16.0. The molecule has 3 aromatic rings. The highest BCUT2D eigenvalue weighted by atomic mass is 32.2. The van der Waals surface area contributed by atoms with Gasteiger partial charge in [-0.2, -0.15) is 0 Å². The molecule has 146 valence electrons. The van der Waals surface area contributed by atoms with Gasteiger partial charge in [0.2, 0.25) is 5.91 Å². The number of carbonyl (C=O) groups is 1. The molecular formula is C20H20N2O5S. The number of hydrogen-bond donors (Lipinski definition) is 3. The first kappa shape index (κ1) is 19.9. The SMILES string of the molecule is Cc1cc(COc2ccc(C(CC(=O)NO)S(=O)O)cc2)c2ccccc2n1. The molecule has 0 aliphatic heterocycles. The zero-order valence-electron chi connectivity index (χ0n) is 15.2. The summed E-state index contributed by atoms with van der Waals surface area (Å²) < 4.78 is 26.8. The lowest BCUT2D eigenvalue weighted by molar-refractivity contribution is -0.129. The second-order valence-electron chi connectivity index (χ2n) is 6.30. The van der Waals surface area contributed by atoms with Crippen LogP contribution in [0.15, 0.2) is 54.6 Å². The maximum Gasteiger partial charge on any atom is 0.244 e. The van der Waals surface area contributed by atoms with Crippen molar-refractivity contribution >= 4 is 27.9 Å². The van der Waals surface area contributed by atoms with E-state index in [4.69, 9.17) is 9.94 Å². The zero-order chi connectivity index (χ0) is 20.1. The molecule has 2 unspecified atom stereocenters. The minimum atomic E-state index is -2.25. The van der Waals surface area contributed by atoms with Crippen LogP contribution in [0, 0.1) is 6.92 Å². The summed E-state index contributed by atoms with van der Waals surface area (Å²) in [7, 11) is 0. The summed E-state index contributed by atoms with van der Waals surface area (Å²) in [5.41, 5.74) is 4.81. The topological polar surface area (TPSA) is 109 Å². The molecule has 2 aromatic carbocycles. The fourth-order valence-corrected chi connectivity index (χ4v) is 3.66. The number of nitrogens with one attached hydrogen (secondary N) is 1. The number of hydroxylamine groups is 1. The smallest absolute Gasteiger partial charge is 0.244 e. The summed E-state index contributed by atoms with van der Waals surface area (Å²) in [5.74, 6) is -0.135. The average Bonchev–Trinajstić information content (AvgIpc) is 2.70. The maximum absolute atomic E-state index is 11.5. The number of benzene rings is 2. The van der Waals surface area contributed by atoms with Gasteiger partial charge in [0.25, 0.3) is 0 Å². The van der Waals surface area contributed by atoms with Crippen molar-refractivity contribution in [1.82, 2.24) is 10.5 Å². The van der Waals surface area contributed by atoms with Crippen LogP contribution >= 0.6 is 0 Å². The third-order valence-electron chi connectivity index (χ3n) is 4.32. The summed E-state index contributed by atoms with van der Waals surface area (Å²) in [5, 5.41) is 8.71. The van der Waals surface area contributed by atoms with Crippen molar-refractivity contribution in [2.24, 2.45) is 0 Å². The Labute approximate surface area is 164 Å². The fraction of sp³-hybridized carbons (Fsp3) is 0.200. The van der Waals surface area contributed by atoms with Crippen LogP contribution in [0.2, 0.25) is 0 Å². The predicted octanol–water partition coefficient (Wildman–Crippen LogP) is 3.28. The molecular weight excluding hydrogens is 380 g/mol. The highest BCUT2D eigenvalue weighted by Crippen LogP contribution is 2.26. The second-order valence-corrected chi connectivity index (χ2v) is 7.42. The van der Waals surface area contributed by atoms with Crippen molar-refractivity contribution in [1.29, 1.82) is 0 Å². The Hall–Kier alpha value is -2.81. The first-order valence-electron chi connectivity index (χ1n) is 8.58. The molecule has 1 amide bonds. The van der Waals surface area contributed by atoms with Gasteiger partial charge in [-0.3, -0.25) is 15.0 Å². The number of aryl methyl sites for hydroxylation is 1. The van der Waals surface area contributed by atoms with Gasteiger partial charge in [-0.1, -0.05) is 30.3 Å². The monoisotopic (exact) mass is 400 g/mol. The number of rotatable bonds is 7. The lowest BCUT2D eigenvalue weighted by atomic mass is 10.1. The van der Waals surface area contributed by atoms with E-state index in [0.29, 0.717) is 17.9 Å². The van der Waals surface area contributed by atoms with Crippen molar-refractivity contribution in [3.05, 3.63) is 71.4 Å². The molecule has 0 saturated heterocycles. The Balaban J connectivity index is 1.74. The summed E-state index contributed by atoms with van der Waals surface area (Å²) in [6.45, 7) is 2.29. The average molecular weight is 400 g/mol. The van der Waals surface area contributed by atoms with E-state index in [1.807, 2.05) is 37.3 Å². The standard InChI is InChI=1S/C20H20N2O5S/c1-13-10-15(17-4-2-3-5-18(17)21-13)12-27-16-8-6-14(7-9-16)19(28(25)26)11-20(23)22-24/h2-10,19,24H,11-12H2,1H3,(H,22,23)(H,25,26). The molecule has 0 radical (unpaired) electrons. The van der Waals surface area contributed by atoms with Crippen molar-refractivity contribution in [3.63, 3.8) is 0 Å². The van der Waals surface area contributed by atoms with Gasteiger partial charge in [-0.05, 0) is 36.8 Å². The van der Waals surface area contributed by atoms with E-state index < -0.39 is 22.2 Å². The van der Waals surface area contributed by atoms with Crippen LogP contribution in [0.4, 0.5) is 0 Å². The molecule has 3 N–H and O–H groups in total. The second kappa shape index (κ2) is 8.92. The van der Waals surface area contributed by atoms with Crippen LogP contribution in [0.5, 0.6) is 5.75 Å². The van der Waals surface area contributed by atoms with Crippen molar-refractivity contribution in [2.45, 2.75) is 25.2 Å². The minimum absolute atomic E-state index is 0.303. The third-order valence-corrected chi connectivity index (χ3v) is 5.24. The number of hydrogen-bond acceptors (Lipinski definition) is 5. The van der Waals surface area contributed by atoms with Gasteiger partial charge in [0.15, 0.2) is 11.1 Å². The molecule has 0 aliphatic rings. The molecule has 0 aliphatic carbocycles. The lowest BCUT2D eigenvalue weighted by Gasteiger charge is -2.14. The number of amides is 1. The van der Waals surface area contributed by atoms with E-state index in [1.54, 1.807) is 24.3 Å². The maximum atomic E-state index is 11.5. The molecule has 1 heterocycles. The molecule has 28 heavy (non-hydrogen) atoms. The quantitative estimate of drug-likeness (QED) is 0.319. The Kier molecular flexibility index (Phi) is 6.35. The highest BCUT2D eigenvalue weighted by Gasteiger charge is 2.21. The normalized spacial score (nSPS) is 13.1. The van der Waals surface area contributed by atoms with Crippen LogP contribution in [-0.2, 0) is 22.5 Å². The summed E-state index contributed by atoms with van der Waals surface area (Å²) in [6.07, 6.45) is -0.303. The summed E-state index contributed by atoms with van der Waals surface area (Å²) in [6, 6.07) is 16.5. The molecule has 3 rings (SSSR count). The van der Waals surface area contributed by atoms with Crippen LogP contribution in [-0.4, -0.2) is 24.9 Å². The van der Waals surface area contributed by atoms with Gasteiger partial charge >= 0.3 is 0 Å². The molecule has 0 spiro atoms. The Bertz CT molecular complexity index is 1010. The number of aromatic nitrogens is 1. The van der Waals surface area contributed by atoms with E-state index in [2.05, 4.69) is 4.98 Å². The van der Waals surface area contributed by atoms with Crippen molar-refractivity contribution in [2.75, 3.05) is 0 Å². The van der Waals surface area contributed by atoms with Gasteiger partial charge < -0.3 is 9.29 Å². The molecule has 0 bridgehead atoms. The molecule has 8 heteroatoms. The molecule has 0 saturated carbocycles. The fourth-order valence-electron chi connectivity index (χ4n) is 2.97. The number of pyridine rings is 1. The van der Waals surface area contributed by atoms with E-state index >= 15 is 0 Å². The minimum Gasteiger partial charge on any atom is -0.489 e. The number of para-hydroxylation sites is 1. The molecule has 7 nitrogen and oxygen atoms in total. The molecule has 1 aromatic heterocycles. The van der Waals surface area contributed by atoms with Crippen LogP contribution in [0.25, 0.3) is 10.9 Å². The lowest BCUT2D eigenvalue weighted by Crippen LogP contribution is -2.22. The van der Waals surface area contributed by atoms with Gasteiger partial charge in [0.1, 0.15) is 12.4 Å². The number of fused-ring (bicyclic) bond motifs is 1. The van der Waals surface area contributed by atoms with Crippen LogP contribution in [0.1, 0.15) is 28.5 Å². The number of ether oxygens (including phenoxy) is 1. The van der Waals surface area contributed by atoms with Gasteiger partial charge in [0, 0.05) is 23.1 Å². The van der Waals surface area contributed by atoms with E-state index in [0.717, 1.165) is 22.2 Å². The van der Waals surface area contributed by atoms with Crippen molar-refractivity contribution in [3.8, 4) is 5.75 Å². The predicted molar refractivity (Wildman–Crippen MR) is 105 cm³/mol. The number of carbonyl (C=O) groups excluding carboxylic acids is 1. The van der Waals surface area contributed by atoms with Crippen LogP contribution in [0.3, 0.4) is 0 Å². The first-order chi connectivity index (χ1) is 13.5. The van der Waals surface area contributed by atoms with Gasteiger partial charge in [0.05, 0.1) is 10.8 Å². The Morgan fingerprint density at radius 1 is 1.21 bits per heavy atom.